The van der Waals surface area contributed by atoms with E-state index in [0.29, 0.717) is 11.4 Å². The molecule has 0 atom stereocenters. The van der Waals surface area contributed by atoms with E-state index in [9.17, 15) is 9.59 Å². The number of carbonyl (C=O) groups excluding carboxylic acids is 2. The predicted molar refractivity (Wildman–Crippen MR) is 63.3 cm³/mol. The number of hydrogen-bond donors (Lipinski definition) is 1. The van der Waals surface area contributed by atoms with E-state index in [1.54, 1.807) is 28.2 Å². The molecule has 1 heterocycles. The highest BCUT2D eigenvalue weighted by Crippen LogP contribution is 2.11. The summed E-state index contributed by atoms with van der Waals surface area (Å²) in [4.78, 5) is 26.2. The molecule has 0 aromatic carbocycles. The van der Waals surface area contributed by atoms with Gasteiger partial charge >= 0.3 is 0 Å². The zero-order valence-electron chi connectivity index (χ0n) is 10.5. The Morgan fingerprint density at radius 3 is 2.41 bits per heavy atom. The molecular weight excluding hydrogens is 222 g/mol. The Kier molecular flexibility index (Phi) is 3.72. The smallest absolute Gasteiger partial charge is 0.274 e. The van der Waals surface area contributed by atoms with Crippen molar-refractivity contribution in [1.29, 1.82) is 0 Å². The Labute approximate surface area is 99.8 Å². The lowest BCUT2D eigenvalue weighted by Gasteiger charge is -2.19. The van der Waals surface area contributed by atoms with Gasteiger partial charge in [0.15, 0.2) is 0 Å². The van der Waals surface area contributed by atoms with E-state index in [0.717, 1.165) is 0 Å². The molecule has 0 saturated heterocycles. The fourth-order valence-corrected chi connectivity index (χ4v) is 1.31. The molecule has 0 saturated carbocycles. The zero-order chi connectivity index (χ0) is 13.2. The summed E-state index contributed by atoms with van der Waals surface area (Å²) in [5.74, 6) is -0.473. The third kappa shape index (κ3) is 2.74. The lowest BCUT2D eigenvalue weighted by atomic mass is 10.3. The summed E-state index contributed by atoms with van der Waals surface area (Å²) in [5, 5.41) is 3.88. The second-order valence-electron chi connectivity index (χ2n) is 4.02. The molecule has 7 heteroatoms. The van der Waals surface area contributed by atoms with Crippen molar-refractivity contribution in [2.45, 2.75) is 0 Å². The molecule has 0 aliphatic heterocycles. The van der Waals surface area contributed by atoms with Crippen molar-refractivity contribution in [2.75, 3.05) is 33.4 Å². The Morgan fingerprint density at radius 1 is 1.41 bits per heavy atom. The van der Waals surface area contributed by atoms with E-state index in [2.05, 4.69) is 5.10 Å². The average molecular weight is 239 g/mol. The Bertz CT molecular complexity index is 418. The zero-order valence-corrected chi connectivity index (χ0v) is 10.5. The summed E-state index contributed by atoms with van der Waals surface area (Å²) in [6.45, 7) is 0.0104. The molecule has 1 rings (SSSR count). The van der Waals surface area contributed by atoms with Gasteiger partial charge in [-0.2, -0.15) is 5.10 Å². The molecule has 0 radical (unpaired) electrons. The fourth-order valence-electron chi connectivity index (χ4n) is 1.31. The van der Waals surface area contributed by atoms with Crippen molar-refractivity contribution < 1.29 is 9.59 Å². The number of likely N-dealkylation sites (N-methyl/N-ethyl adjacent to an activating group) is 2. The molecule has 0 fully saturated rings. The normalized spacial score (nSPS) is 10.1. The van der Waals surface area contributed by atoms with Crippen LogP contribution in [0.3, 0.4) is 0 Å². The van der Waals surface area contributed by atoms with E-state index in [1.165, 1.54) is 20.7 Å². The van der Waals surface area contributed by atoms with Crippen LogP contribution in [-0.4, -0.2) is 59.1 Å². The van der Waals surface area contributed by atoms with Gasteiger partial charge in [0.25, 0.3) is 5.91 Å². The summed E-state index contributed by atoms with van der Waals surface area (Å²) in [6, 6.07) is 0. The van der Waals surface area contributed by atoms with E-state index in [4.69, 9.17) is 5.73 Å². The van der Waals surface area contributed by atoms with Crippen LogP contribution in [-0.2, 0) is 11.8 Å². The van der Waals surface area contributed by atoms with Gasteiger partial charge in [0.2, 0.25) is 5.91 Å². The van der Waals surface area contributed by atoms with Crippen molar-refractivity contribution >= 4 is 17.5 Å². The second-order valence-corrected chi connectivity index (χ2v) is 4.02. The molecule has 0 unspecified atom stereocenters. The Balaban J connectivity index is 2.81. The average Bonchev–Trinajstić information content (AvgIpc) is 2.57. The lowest BCUT2D eigenvalue weighted by molar-refractivity contribution is -0.129. The molecule has 0 aliphatic carbocycles. The number of carbonyl (C=O) groups is 2. The Morgan fingerprint density at radius 2 is 2.00 bits per heavy atom. The summed E-state index contributed by atoms with van der Waals surface area (Å²) in [6.07, 6.45) is 1.41. The highest BCUT2D eigenvalue weighted by molar-refractivity contribution is 5.98. The molecule has 0 aliphatic rings. The summed E-state index contributed by atoms with van der Waals surface area (Å²) in [5.41, 5.74) is 6.24. The van der Waals surface area contributed by atoms with Crippen LogP contribution in [0.2, 0.25) is 0 Å². The molecule has 2 N–H and O–H groups in total. The van der Waals surface area contributed by atoms with Gasteiger partial charge in [0.05, 0.1) is 18.4 Å². The van der Waals surface area contributed by atoms with Crippen LogP contribution < -0.4 is 5.73 Å². The number of amides is 2. The van der Waals surface area contributed by atoms with Gasteiger partial charge in [-0.25, -0.2) is 0 Å². The van der Waals surface area contributed by atoms with Crippen LogP contribution >= 0.6 is 0 Å². The first-order valence-electron chi connectivity index (χ1n) is 5.07. The van der Waals surface area contributed by atoms with Gasteiger partial charge < -0.3 is 15.5 Å². The minimum absolute atomic E-state index is 0.0104. The topological polar surface area (TPSA) is 84.5 Å². The highest BCUT2D eigenvalue weighted by Gasteiger charge is 2.21. The number of aromatic nitrogens is 2. The first-order valence-corrected chi connectivity index (χ1v) is 5.07. The fraction of sp³-hybridized carbons (Fsp3) is 0.500. The van der Waals surface area contributed by atoms with E-state index < -0.39 is 0 Å². The SMILES string of the molecule is CN(C)C(=O)CN(C)C(=O)c1c(N)cnn1C. The molecule has 7 nitrogen and oxygen atoms in total. The third-order valence-corrected chi connectivity index (χ3v) is 2.39. The predicted octanol–water partition coefficient (Wildman–Crippen LogP) is -0.837. The van der Waals surface area contributed by atoms with Crippen molar-refractivity contribution in [2.24, 2.45) is 7.05 Å². The summed E-state index contributed by atoms with van der Waals surface area (Å²) in [7, 11) is 6.46. The van der Waals surface area contributed by atoms with Crippen LogP contribution in [0.15, 0.2) is 6.20 Å². The summed E-state index contributed by atoms with van der Waals surface area (Å²) < 4.78 is 1.40. The minimum atomic E-state index is -0.322. The maximum absolute atomic E-state index is 12.0. The maximum atomic E-state index is 12.0. The van der Waals surface area contributed by atoms with Crippen molar-refractivity contribution in [3.63, 3.8) is 0 Å². The highest BCUT2D eigenvalue weighted by atomic mass is 16.2. The lowest BCUT2D eigenvalue weighted by Crippen LogP contribution is -2.38. The quantitative estimate of drug-likeness (QED) is 0.745. The first-order chi connectivity index (χ1) is 7.84. The molecule has 94 valence electrons. The van der Waals surface area contributed by atoms with Gasteiger partial charge in [-0.3, -0.25) is 14.3 Å². The van der Waals surface area contributed by atoms with Gasteiger partial charge in [-0.1, -0.05) is 0 Å². The van der Waals surface area contributed by atoms with Crippen molar-refractivity contribution in [1.82, 2.24) is 19.6 Å². The van der Waals surface area contributed by atoms with Crippen LogP contribution in [0, 0.1) is 0 Å². The number of hydrogen-bond acceptors (Lipinski definition) is 4. The molecule has 2 amide bonds. The van der Waals surface area contributed by atoms with Crippen molar-refractivity contribution in [3.8, 4) is 0 Å². The van der Waals surface area contributed by atoms with E-state index >= 15 is 0 Å². The maximum Gasteiger partial charge on any atom is 0.274 e. The summed E-state index contributed by atoms with van der Waals surface area (Å²) >= 11 is 0. The number of rotatable bonds is 3. The Hall–Kier alpha value is -2.05. The van der Waals surface area contributed by atoms with Crippen LogP contribution in [0.1, 0.15) is 10.5 Å². The van der Waals surface area contributed by atoms with E-state index in [1.807, 2.05) is 0 Å². The largest absolute Gasteiger partial charge is 0.396 e. The molecule has 0 spiro atoms. The van der Waals surface area contributed by atoms with Gasteiger partial charge in [0, 0.05) is 28.2 Å². The van der Waals surface area contributed by atoms with Crippen molar-refractivity contribution in [3.05, 3.63) is 11.9 Å². The standard InChI is InChI=1S/C10H17N5O2/c1-13(2)8(16)6-14(3)10(17)9-7(11)5-12-15(9)4/h5H,6,11H2,1-4H3. The number of nitrogens with two attached hydrogens (primary N) is 1. The molecule has 1 aromatic rings. The number of anilines is 1. The molecular formula is C10H17N5O2. The second kappa shape index (κ2) is 4.86. The third-order valence-electron chi connectivity index (χ3n) is 2.39. The van der Waals surface area contributed by atoms with Gasteiger partial charge in [-0.05, 0) is 0 Å². The first kappa shape index (κ1) is 13.0. The molecule has 17 heavy (non-hydrogen) atoms. The minimum Gasteiger partial charge on any atom is -0.396 e. The number of nitrogen functional groups attached to an aromatic ring is 1. The molecule has 1 aromatic heterocycles. The van der Waals surface area contributed by atoms with Gasteiger partial charge in [-0.15, -0.1) is 0 Å². The number of aryl methyl sites for hydroxylation is 1. The van der Waals surface area contributed by atoms with E-state index in [-0.39, 0.29) is 18.4 Å². The molecule has 0 bridgehead atoms. The van der Waals surface area contributed by atoms with Crippen LogP contribution in [0.4, 0.5) is 5.69 Å². The number of nitrogens with zero attached hydrogens (tertiary/aromatic N) is 4. The van der Waals surface area contributed by atoms with Crippen LogP contribution in [0.5, 0.6) is 0 Å². The van der Waals surface area contributed by atoms with Gasteiger partial charge in [0.1, 0.15) is 5.69 Å². The monoisotopic (exact) mass is 239 g/mol. The van der Waals surface area contributed by atoms with Crippen LogP contribution in [0.25, 0.3) is 0 Å².